The normalized spacial score (nSPS) is 10.6. The third-order valence-electron chi connectivity index (χ3n) is 4.51. The molecule has 0 fully saturated rings. The van der Waals surface area contributed by atoms with Crippen molar-refractivity contribution in [1.82, 2.24) is 15.0 Å². The Morgan fingerprint density at radius 3 is 2.30 bits per heavy atom. The van der Waals surface area contributed by atoms with Crippen LogP contribution in [0.2, 0.25) is 0 Å². The van der Waals surface area contributed by atoms with Gasteiger partial charge in [0.15, 0.2) is 17.1 Å². The van der Waals surface area contributed by atoms with Gasteiger partial charge in [-0.05, 0) is 24.3 Å². The molecular weight excluding hydrogens is 386 g/mol. The zero-order valence-electron chi connectivity index (χ0n) is 16.6. The second-order valence-electron chi connectivity index (χ2n) is 6.27. The van der Waals surface area contributed by atoms with Crippen molar-refractivity contribution in [2.75, 3.05) is 21.3 Å². The number of aromatic nitrogens is 3. The smallest absolute Gasteiger partial charge is 0.347 e. The van der Waals surface area contributed by atoms with Crippen molar-refractivity contribution in [3.8, 4) is 34.3 Å². The molecule has 0 unspecified atom stereocenters. The third kappa shape index (κ3) is 3.50. The van der Waals surface area contributed by atoms with E-state index in [0.717, 1.165) is 0 Å². The summed E-state index contributed by atoms with van der Waals surface area (Å²) in [5, 5.41) is 0. The fourth-order valence-corrected chi connectivity index (χ4v) is 3.07. The van der Waals surface area contributed by atoms with Gasteiger partial charge < -0.3 is 23.9 Å². The molecule has 1 N–H and O–H groups in total. The van der Waals surface area contributed by atoms with Gasteiger partial charge >= 0.3 is 5.97 Å². The molecule has 0 spiro atoms. The number of hydrogen-bond donors (Lipinski definition) is 1. The number of para-hydroxylation sites is 1. The zero-order valence-corrected chi connectivity index (χ0v) is 16.6. The van der Waals surface area contributed by atoms with E-state index in [2.05, 4.69) is 15.0 Å². The maximum Gasteiger partial charge on any atom is 0.347 e. The van der Waals surface area contributed by atoms with Gasteiger partial charge in [0.1, 0.15) is 16.8 Å². The topological polar surface area (TPSA) is 95.6 Å². The fourth-order valence-electron chi connectivity index (χ4n) is 3.07. The Morgan fingerprint density at radius 1 is 0.967 bits per heavy atom. The number of aromatic amines is 1. The molecule has 2 heterocycles. The first-order valence-electron chi connectivity index (χ1n) is 9.06. The number of methoxy groups -OCH3 is 3. The lowest BCUT2D eigenvalue weighted by atomic mass is 10.1. The molecule has 0 saturated heterocycles. The van der Waals surface area contributed by atoms with Crippen LogP contribution >= 0.6 is 0 Å². The zero-order chi connectivity index (χ0) is 21.1. The van der Waals surface area contributed by atoms with Gasteiger partial charge in [0.05, 0.1) is 33.2 Å². The van der Waals surface area contributed by atoms with Gasteiger partial charge in [0.25, 0.3) is 0 Å². The van der Waals surface area contributed by atoms with Gasteiger partial charge in [0.2, 0.25) is 5.75 Å². The molecule has 8 heteroatoms. The number of H-pyrrole nitrogens is 1. The molecule has 0 aliphatic rings. The summed E-state index contributed by atoms with van der Waals surface area (Å²) in [5.41, 5.74) is 2.40. The number of nitrogens with one attached hydrogen (secondary N) is 1. The minimum atomic E-state index is -0.524. The van der Waals surface area contributed by atoms with Gasteiger partial charge in [-0.3, -0.25) is 0 Å². The summed E-state index contributed by atoms with van der Waals surface area (Å²) < 4.78 is 21.6. The second-order valence-corrected chi connectivity index (χ2v) is 6.27. The van der Waals surface area contributed by atoms with Crippen LogP contribution in [0.25, 0.3) is 22.4 Å². The Kier molecular flexibility index (Phi) is 5.21. The second kappa shape index (κ2) is 8.12. The molecule has 8 nitrogen and oxygen atoms in total. The molecule has 0 bridgehead atoms. The average Bonchev–Trinajstić information content (AvgIpc) is 3.22. The fraction of sp³-hybridized carbons (Fsp3) is 0.136. The van der Waals surface area contributed by atoms with Gasteiger partial charge in [-0.1, -0.05) is 18.2 Å². The van der Waals surface area contributed by atoms with Crippen molar-refractivity contribution < 1.29 is 23.7 Å². The lowest BCUT2D eigenvalue weighted by molar-refractivity contribution is 0.0736. The van der Waals surface area contributed by atoms with Crippen LogP contribution in [0, 0.1) is 0 Å². The molecule has 0 saturated carbocycles. The van der Waals surface area contributed by atoms with Crippen molar-refractivity contribution in [3.05, 3.63) is 60.4 Å². The number of nitrogens with zero attached hydrogens (tertiary/aromatic N) is 2. The molecule has 0 aliphatic heterocycles. The van der Waals surface area contributed by atoms with Crippen molar-refractivity contribution in [1.29, 1.82) is 0 Å². The van der Waals surface area contributed by atoms with Gasteiger partial charge in [0, 0.05) is 11.8 Å². The molecule has 2 aromatic carbocycles. The van der Waals surface area contributed by atoms with E-state index in [1.165, 1.54) is 13.3 Å². The molecule has 0 radical (unpaired) electrons. The van der Waals surface area contributed by atoms with Gasteiger partial charge in [-0.15, -0.1) is 0 Å². The van der Waals surface area contributed by atoms with Crippen LogP contribution in [0.5, 0.6) is 23.0 Å². The minimum absolute atomic E-state index is 0.288. The van der Waals surface area contributed by atoms with Crippen molar-refractivity contribution in [3.63, 3.8) is 0 Å². The number of rotatable bonds is 6. The quantitative estimate of drug-likeness (QED) is 0.384. The predicted molar refractivity (Wildman–Crippen MR) is 110 cm³/mol. The van der Waals surface area contributed by atoms with Crippen LogP contribution in [0.1, 0.15) is 10.4 Å². The number of carbonyl (C=O) groups excluding carboxylic acids is 1. The Hall–Kier alpha value is -4.07. The molecule has 2 aromatic heterocycles. The number of carbonyl (C=O) groups is 1. The maximum absolute atomic E-state index is 12.7. The predicted octanol–water partition coefficient (Wildman–Crippen LogP) is 3.87. The standard InChI is InChI=1S/C22H19N3O5/c1-27-17-9-13(10-18(28-2)20(17)29-3)16-12-24-21-19(25-16)15(11-23-21)22(26)30-14-7-5-4-6-8-14/h4-12H,1-3H3,(H,23,24). The van der Waals surface area contributed by atoms with Crippen LogP contribution in [0.15, 0.2) is 54.9 Å². The summed E-state index contributed by atoms with van der Waals surface area (Å²) >= 11 is 0. The molecular formula is C22H19N3O5. The first-order chi connectivity index (χ1) is 14.6. The van der Waals surface area contributed by atoms with Crippen LogP contribution in [0.3, 0.4) is 0 Å². The van der Waals surface area contributed by atoms with Crippen LogP contribution in [-0.2, 0) is 0 Å². The molecule has 4 aromatic rings. The Bertz CT molecular complexity index is 1180. The largest absolute Gasteiger partial charge is 0.493 e. The number of ether oxygens (including phenoxy) is 4. The molecule has 152 valence electrons. The SMILES string of the molecule is COc1cc(-c2cnc3[nH]cc(C(=O)Oc4ccccc4)c3n2)cc(OC)c1OC. The first kappa shape index (κ1) is 19.3. The third-order valence-corrected chi connectivity index (χ3v) is 4.51. The van der Waals surface area contributed by atoms with E-state index in [9.17, 15) is 4.79 Å². The van der Waals surface area contributed by atoms with Crippen LogP contribution in [-0.4, -0.2) is 42.3 Å². The monoisotopic (exact) mass is 405 g/mol. The average molecular weight is 405 g/mol. The van der Waals surface area contributed by atoms with Crippen LogP contribution in [0.4, 0.5) is 0 Å². The maximum atomic E-state index is 12.7. The van der Waals surface area contributed by atoms with E-state index in [0.29, 0.717) is 45.4 Å². The lowest BCUT2D eigenvalue weighted by Crippen LogP contribution is -2.08. The Labute approximate surface area is 172 Å². The van der Waals surface area contributed by atoms with E-state index < -0.39 is 5.97 Å². The highest BCUT2D eigenvalue weighted by Gasteiger charge is 2.19. The summed E-state index contributed by atoms with van der Waals surface area (Å²) in [5.74, 6) is 1.39. The number of fused-ring (bicyclic) bond motifs is 1. The number of benzene rings is 2. The number of hydrogen-bond acceptors (Lipinski definition) is 7. The molecule has 4 rings (SSSR count). The highest BCUT2D eigenvalue weighted by molar-refractivity contribution is 6.02. The highest BCUT2D eigenvalue weighted by Crippen LogP contribution is 2.40. The summed E-state index contributed by atoms with van der Waals surface area (Å²) in [4.78, 5) is 24.6. The van der Waals surface area contributed by atoms with Crippen molar-refractivity contribution in [2.45, 2.75) is 0 Å². The van der Waals surface area contributed by atoms with Crippen LogP contribution < -0.4 is 18.9 Å². The van der Waals surface area contributed by atoms with E-state index in [-0.39, 0.29) is 5.56 Å². The molecule has 0 amide bonds. The molecule has 0 aliphatic carbocycles. The van der Waals surface area contributed by atoms with Crippen molar-refractivity contribution >= 4 is 17.1 Å². The molecule has 0 atom stereocenters. The first-order valence-corrected chi connectivity index (χ1v) is 9.06. The van der Waals surface area contributed by atoms with E-state index in [1.54, 1.807) is 56.8 Å². The Morgan fingerprint density at radius 2 is 1.67 bits per heavy atom. The molecule has 30 heavy (non-hydrogen) atoms. The summed E-state index contributed by atoms with van der Waals surface area (Å²) in [6.45, 7) is 0. The van der Waals surface area contributed by atoms with Gasteiger partial charge in [-0.25, -0.2) is 14.8 Å². The summed E-state index contributed by atoms with van der Waals surface area (Å²) in [6.07, 6.45) is 3.14. The summed E-state index contributed by atoms with van der Waals surface area (Å²) in [7, 11) is 4.62. The lowest BCUT2D eigenvalue weighted by Gasteiger charge is -2.13. The van der Waals surface area contributed by atoms with Crippen molar-refractivity contribution in [2.24, 2.45) is 0 Å². The van der Waals surface area contributed by atoms with E-state index in [1.807, 2.05) is 6.07 Å². The summed E-state index contributed by atoms with van der Waals surface area (Å²) in [6, 6.07) is 12.4. The highest BCUT2D eigenvalue weighted by atomic mass is 16.5. The van der Waals surface area contributed by atoms with E-state index in [4.69, 9.17) is 18.9 Å². The minimum Gasteiger partial charge on any atom is -0.493 e. The van der Waals surface area contributed by atoms with E-state index >= 15 is 0 Å². The number of esters is 1. The Balaban J connectivity index is 1.75. The van der Waals surface area contributed by atoms with Gasteiger partial charge in [-0.2, -0.15) is 0 Å².